The monoisotopic (exact) mass is 284 g/mol. The van der Waals surface area contributed by atoms with Gasteiger partial charge in [0.05, 0.1) is 12.1 Å². The van der Waals surface area contributed by atoms with E-state index in [-0.39, 0.29) is 5.91 Å². The Morgan fingerprint density at radius 3 is 2.57 bits per heavy atom. The van der Waals surface area contributed by atoms with Crippen molar-refractivity contribution in [1.29, 1.82) is 0 Å². The van der Waals surface area contributed by atoms with Crippen LogP contribution in [0.25, 0.3) is 0 Å². The van der Waals surface area contributed by atoms with Crippen LogP contribution in [-0.2, 0) is 10.3 Å². The van der Waals surface area contributed by atoms with Crippen LogP contribution < -0.4 is 5.32 Å². The molecule has 0 bridgehead atoms. The molecule has 0 saturated heterocycles. The summed E-state index contributed by atoms with van der Waals surface area (Å²) in [6.45, 7) is 2.46. The highest BCUT2D eigenvalue weighted by Crippen LogP contribution is 2.28. The van der Waals surface area contributed by atoms with Crippen LogP contribution in [0, 0.1) is 0 Å². The quantitative estimate of drug-likeness (QED) is 0.887. The maximum atomic E-state index is 12.1. The predicted octanol–water partition coefficient (Wildman–Crippen LogP) is 2.76. The van der Waals surface area contributed by atoms with E-state index in [9.17, 15) is 4.79 Å². The Bertz CT molecular complexity index is 566. The second-order valence-electron chi connectivity index (χ2n) is 4.84. The van der Waals surface area contributed by atoms with Crippen LogP contribution in [0.5, 0.6) is 0 Å². The van der Waals surface area contributed by atoms with Gasteiger partial charge in [-0.1, -0.05) is 37.3 Å². The highest BCUT2D eigenvalue weighted by Gasteiger charge is 2.30. The van der Waals surface area contributed by atoms with Crippen LogP contribution in [0.15, 0.2) is 54.9 Å². The summed E-state index contributed by atoms with van der Waals surface area (Å²) in [6, 6.07) is 13.4. The number of carbonyl (C=O) groups excluding carboxylic acids is 1. The number of carbonyl (C=O) groups is 1. The van der Waals surface area contributed by atoms with Crippen LogP contribution in [0.4, 0.5) is 0 Å². The number of ether oxygens (including phenoxy) is 1. The van der Waals surface area contributed by atoms with E-state index in [1.165, 1.54) is 0 Å². The largest absolute Gasteiger partial charge is 0.372 e. The first-order valence-electron chi connectivity index (χ1n) is 7.01. The molecule has 1 amide bonds. The molecular weight excluding hydrogens is 264 g/mol. The Hall–Kier alpha value is -2.20. The smallest absolute Gasteiger partial charge is 0.252 e. The fourth-order valence-electron chi connectivity index (χ4n) is 2.33. The van der Waals surface area contributed by atoms with Gasteiger partial charge < -0.3 is 10.1 Å². The van der Waals surface area contributed by atoms with Crippen molar-refractivity contribution in [3.63, 3.8) is 0 Å². The number of amides is 1. The van der Waals surface area contributed by atoms with Gasteiger partial charge in [0.25, 0.3) is 5.91 Å². The van der Waals surface area contributed by atoms with Gasteiger partial charge in [-0.05, 0) is 24.1 Å². The van der Waals surface area contributed by atoms with Crippen LogP contribution in [0.2, 0.25) is 0 Å². The summed E-state index contributed by atoms with van der Waals surface area (Å²) in [6.07, 6.45) is 3.96. The molecule has 1 aromatic carbocycles. The Morgan fingerprint density at radius 1 is 1.24 bits per heavy atom. The molecule has 4 nitrogen and oxygen atoms in total. The molecule has 1 heterocycles. The first-order chi connectivity index (χ1) is 10.2. The zero-order valence-corrected chi connectivity index (χ0v) is 12.4. The van der Waals surface area contributed by atoms with Crippen LogP contribution in [0.3, 0.4) is 0 Å². The van der Waals surface area contributed by atoms with E-state index in [0.29, 0.717) is 12.1 Å². The Kier molecular flexibility index (Phi) is 5.06. The van der Waals surface area contributed by atoms with Crippen molar-refractivity contribution in [3.8, 4) is 0 Å². The van der Waals surface area contributed by atoms with Crippen molar-refractivity contribution < 1.29 is 9.53 Å². The number of methoxy groups -OCH3 is 1. The van der Waals surface area contributed by atoms with Crippen molar-refractivity contribution in [3.05, 3.63) is 66.0 Å². The Balaban J connectivity index is 2.13. The van der Waals surface area contributed by atoms with E-state index >= 15 is 0 Å². The molecule has 21 heavy (non-hydrogen) atoms. The predicted molar refractivity (Wildman–Crippen MR) is 82.0 cm³/mol. The molecule has 1 atom stereocenters. The second-order valence-corrected chi connectivity index (χ2v) is 4.84. The second kappa shape index (κ2) is 6.99. The summed E-state index contributed by atoms with van der Waals surface area (Å²) >= 11 is 0. The van der Waals surface area contributed by atoms with Crippen LogP contribution in [-0.4, -0.2) is 24.5 Å². The first-order valence-corrected chi connectivity index (χ1v) is 7.01. The minimum absolute atomic E-state index is 0.145. The molecule has 0 aliphatic heterocycles. The van der Waals surface area contributed by atoms with Gasteiger partial charge in [-0.15, -0.1) is 0 Å². The molecule has 0 radical (unpaired) electrons. The molecule has 2 rings (SSSR count). The van der Waals surface area contributed by atoms with Gasteiger partial charge in [-0.25, -0.2) is 0 Å². The Morgan fingerprint density at radius 2 is 2.00 bits per heavy atom. The molecule has 0 fully saturated rings. The lowest BCUT2D eigenvalue weighted by Crippen LogP contribution is -2.41. The summed E-state index contributed by atoms with van der Waals surface area (Å²) < 4.78 is 5.73. The SMILES string of the molecule is CCC(CNC(=O)c1cccnc1)(OC)c1ccccc1. The van der Waals surface area contributed by atoms with Gasteiger partial charge in [0.1, 0.15) is 5.60 Å². The standard InChI is InChI=1S/C17H20N2O2/c1-3-17(21-2,15-9-5-4-6-10-15)13-19-16(20)14-8-7-11-18-12-14/h4-12H,3,13H2,1-2H3,(H,19,20). The number of nitrogens with zero attached hydrogens (tertiary/aromatic N) is 1. The summed E-state index contributed by atoms with van der Waals surface area (Å²) in [5.41, 5.74) is 1.09. The minimum Gasteiger partial charge on any atom is -0.372 e. The maximum Gasteiger partial charge on any atom is 0.252 e. The molecule has 1 unspecified atom stereocenters. The van der Waals surface area contributed by atoms with Crippen molar-refractivity contribution in [2.45, 2.75) is 18.9 Å². The molecule has 0 aliphatic rings. The fraction of sp³-hybridized carbons (Fsp3) is 0.294. The number of benzene rings is 1. The lowest BCUT2D eigenvalue weighted by Gasteiger charge is -2.32. The number of rotatable bonds is 6. The van der Waals surface area contributed by atoms with Crippen LogP contribution in [0.1, 0.15) is 29.3 Å². The molecular formula is C17H20N2O2. The number of aromatic nitrogens is 1. The topological polar surface area (TPSA) is 51.2 Å². The Labute approximate surface area is 125 Å². The lowest BCUT2D eigenvalue weighted by atomic mass is 9.90. The zero-order valence-electron chi connectivity index (χ0n) is 12.4. The third kappa shape index (κ3) is 3.47. The first kappa shape index (κ1) is 15.2. The molecule has 110 valence electrons. The van der Waals surface area contributed by atoms with E-state index in [2.05, 4.69) is 10.3 Å². The maximum absolute atomic E-state index is 12.1. The van der Waals surface area contributed by atoms with Crippen molar-refractivity contribution in [2.75, 3.05) is 13.7 Å². The van der Waals surface area contributed by atoms with Gasteiger partial charge in [-0.2, -0.15) is 0 Å². The summed E-state index contributed by atoms with van der Waals surface area (Å²) in [4.78, 5) is 16.1. The van der Waals surface area contributed by atoms with Gasteiger partial charge in [0, 0.05) is 19.5 Å². The highest BCUT2D eigenvalue weighted by atomic mass is 16.5. The van der Waals surface area contributed by atoms with Gasteiger partial charge in [-0.3, -0.25) is 9.78 Å². The van der Waals surface area contributed by atoms with Crippen LogP contribution >= 0.6 is 0 Å². The molecule has 1 N–H and O–H groups in total. The van der Waals surface area contributed by atoms with E-state index in [1.807, 2.05) is 37.3 Å². The average Bonchev–Trinajstić information content (AvgIpc) is 2.58. The van der Waals surface area contributed by atoms with E-state index in [0.717, 1.165) is 12.0 Å². The zero-order chi connectivity index (χ0) is 15.1. The van der Waals surface area contributed by atoms with Crippen molar-refractivity contribution >= 4 is 5.91 Å². The highest BCUT2D eigenvalue weighted by molar-refractivity contribution is 5.93. The molecule has 0 saturated carbocycles. The molecule has 2 aromatic rings. The van der Waals surface area contributed by atoms with Gasteiger partial charge in [0.15, 0.2) is 0 Å². The molecule has 0 aliphatic carbocycles. The molecule has 4 heteroatoms. The lowest BCUT2D eigenvalue weighted by molar-refractivity contribution is -0.0164. The van der Waals surface area contributed by atoms with Crippen molar-refractivity contribution in [2.24, 2.45) is 0 Å². The van der Waals surface area contributed by atoms with E-state index in [1.54, 1.807) is 31.6 Å². The summed E-state index contributed by atoms with van der Waals surface area (Å²) in [5, 5.41) is 2.94. The minimum atomic E-state index is -0.515. The van der Waals surface area contributed by atoms with Gasteiger partial charge in [0.2, 0.25) is 0 Å². The van der Waals surface area contributed by atoms with E-state index < -0.39 is 5.60 Å². The van der Waals surface area contributed by atoms with Gasteiger partial charge >= 0.3 is 0 Å². The summed E-state index contributed by atoms with van der Waals surface area (Å²) in [7, 11) is 1.67. The number of nitrogens with one attached hydrogen (secondary N) is 1. The summed E-state index contributed by atoms with van der Waals surface area (Å²) in [5.74, 6) is -0.145. The van der Waals surface area contributed by atoms with Crippen molar-refractivity contribution in [1.82, 2.24) is 10.3 Å². The number of hydrogen-bond donors (Lipinski definition) is 1. The molecule has 0 spiro atoms. The normalized spacial score (nSPS) is 13.4. The fourth-order valence-corrected chi connectivity index (χ4v) is 2.33. The molecule has 1 aromatic heterocycles. The number of pyridine rings is 1. The van der Waals surface area contributed by atoms with E-state index in [4.69, 9.17) is 4.74 Å². The third-order valence-electron chi connectivity index (χ3n) is 3.72. The third-order valence-corrected chi connectivity index (χ3v) is 3.72. The average molecular weight is 284 g/mol. The number of hydrogen-bond acceptors (Lipinski definition) is 3.